The molecular weight excluding hydrogens is 392 g/mol. The minimum Gasteiger partial charge on any atom is -0.471 e. The Morgan fingerprint density at radius 3 is 2.58 bits per heavy atom. The van der Waals surface area contributed by atoms with Crippen LogP contribution in [0.15, 0.2) is 24.7 Å². The number of nitrogens with zero attached hydrogens (tertiary/aromatic N) is 8. The molecule has 0 unspecified atom stereocenters. The van der Waals surface area contributed by atoms with Crippen LogP contribution in [0.1, 0.15) is 32.3 Å². The van der Waals surface area contributed by atoms with E-state index in [2.05, 4.69) is 62.1 Å². The van der Waals surface area contributed by atoms with E-state index in [0.29, 0.717) is 12.5 Å². The highest BCUT2D eigenvalue weighted by atomic mass is 16.5. The van der Waals surface area contributed by atoms with Gasteiger partial charge < -0.3 is 19.1 Å². The van der Waals surface area contributed by atoms with Gasteiger partial charge in [-0.1, -0.05) is 20.8 Å². The summed E-state index contributed by atoms with van der Waals surface area (Å²) in [4.78, 5) is 21.8. The Morgan fingerprint density at radius 1 is 1.10 bits per heavy atom. The highest BCUT2D eigenvalue weighted by Gasteiger charge is 2.19. The maximum Gasteiger partial charge on any atom is 0.234 e. The standard InChI is InChI=1S/C22H28N8O/c1-22(2,3)14-30-17(9-16-12-24-18(11-23)27-21(16)30)13-31-20-10-19(25-15-26-20)29-7-5-28(4)6-8-29/h9-10,12,15H,5-8,13-14H2,1-4H3. The lowest BCUT2D eigenvalue weighted by atomic mass is 9.97. The van der Waals surface area contributed by atoms with Crippen molar-refractivity contribution in [1.82, 2.24) is 29.4 Å². The minimum absolute atomic E-state index is 0.0297. The number of piperazine rings is 1. The van der Waals surface area contributed by atoms with Crippen LogP contribution in [0.3, 0.4) is 0 Å². The number of rotatable bonds is 5. The lowest BCUT2D eigenvalue weighted by molar-refractivity contribution is 0.271. The predicted octanol–water partition coefficient (Wildman–Crippen LogP) is 2.47. The third-order valence-electron chi connectivity index (χ3n) is 5.28. The van der Waals surface area contributed by atoms with Gasteiger partial charge in [-0.3, -0.25) is 0 Å². The third kappa shape index (κ3) is 4.91. The molecule has 1 aliphatic heterocycles. The summed E-state index contributed by atoms with van der Waals surface area (Å²) in [5, 5.41) is 10.1. The van der Waals surface area contributed by atoms with E-state index in [4.69, 9.17) is 4.74 Å². The van der Waals surface area contributed by atoms with Gasteiger partial charge in [0, 0.05) is 50.4 Å². The fraction of sp³-hybridized carbons (Fsp3) is 0.500. The minimum atomic E-state index is 0.0297. The second-order valence-electron chi connectivity index (χ2n) is 9.16. The zero-order valence-corrected chi connectivity index (χ0v) is 18.5. The number of likely N-dealkylation sites (N-methyl/N-ethyl adjacent to an activating group) is 1. The molecule has 162 valence electrons. The van der Waals surface area contributed by atoms with E-state index in [1.54, 1.807) is 12.5 Å². The Kier molecular flexibility index (Phi) is 5.74. The van der Waals surface area contributed by atoms with Crippen LogP contribution >= 0.6 is 0 Å². The molecule has 31 heavy (non-hydrogen) atoms. The Labute approximate surface area is 182 Å². The molecule has 1 saturated heterocycles. The molecule has 0 amide bonds. The van der Waals surface area contributed by atoms with Crippen LogP contribution in [0.25, 0.3) is 11.0 Å². The fourth-order valence-electron chi connectivity index (χ4n) is 3.68. The van der Waals surface area contributed by atoms with Gasteiger partial charge in [0.2, 0.25) is 11.7 Å². The quantitative estimate of drug-likeness (QED) is 0.621. The summed E-state index contributed by atoms with van der Waals surface area (Å²) >= 11 is 0. The van der Waals surface area contributed by atoms with Crippen LogP contribution in [0, 0.1) is 16.7 Å². The first-order valence-electron chi connectivity index (χ1n) is 10.5. The first-order valence-corrected chi connectivity index (χ1v) is 10.5. The second-order valence-corrected chi connectivity index (χ2v) is 9.16. The summed E-state index contributed by atoms with van der Waals surface area (Å²) in [6.07, 6.45) is 3.25. The van der Waals surface area contributed by atoms with Crippen LogP contribution < -0.4 is 9.64 Å². The fourth-order valence-corrected chi connectivity index (χ4v) is 3.68. The Morgan fingerprint density at radius 2 is 1.87 bits per heavy atom. The van der Waals surface area contributed by atoms with Crippen LogP contribution in [-0.2, 0) is 13.2 Å². The highest BCUT2D eigenvalue weighted by molar-refractivity contribution is 5.77. The average Bonchev–Trinajstić information content (AvgIpc) is 3.08. The molecule has 3 aromatic rings. The van der Waals surface area contributed by atoms with Crippen LogP contribution in [0.5, 0.6) is 5.88 Å². The summed E-state index contributed by atoms with van der Waals surface area (Å²) in [6, 6.07) is 5.94. The van der Waals surface area contributed by atoms with Crippen molar-refractivity contribution >= 4 is 16.9 Å². The molecule has 0 aliphatic carbocycles. The lowest BCUT2D eigenvalue weighted by Crippen LogP contribution is -2.44. The van der Waals surface area contributed by atoms with Crippen molar-refractivity contribution < 1.29 is 4.74 Å². The second kappa shape index (κ2) is 8.47. The normalized spacial score (nSPS) is 15.3. The van der Waals surface area contributed by atoms with Crippen LogP contribution in [-0.4, -0.2) is 62.6 Å². The molecule has 0 N–H and O–H groups in total. The number of ether oxygens (including phenoxy) is 1. The van der Waals surface area contributed by atoms with E-state index in [1.165, 1.54) is 0 Å². The first kappa shape index (κ1) is 21.0. The number of anilines is 1. The number of nitriles is 1. The zero-order valence-electron chi connectivity index (χ0n) is 18.5. The van der Waals surface area contributed by atoms with Crippen molar-refractivity contribution in [1.29, 1.82) is 5.26 Å². The molecule has 0 saturated carbocycles. The van der Waals surface area contributed by atoms with E-state index in [9.17, 15) is 5.26 Å². The van der Waals surface area contributed by atoms with Crippen molar-refractivity contribution in [2.75, 3.05) is 38.1 Å². The Bertz CT molecular complexity index is 1100. The van der Waals surface area contributed by atoms with Crippen molar-refractivity contribution in [3.8, 4) is 11.9 Å². The molecule has 0 atom stereocenters. The molecule has 4 rings (SSSR count). The topological polar surface area (TPSA) is 96.0 Å². The van der Waals surface area contributed by atoms with Gasteiger partial charge in [0.1, 0.15) is 30.5 Å². The summed E-state index contributed by atoms with van der Waals surface area (Å²) in [5.74, 6) is 1.60. The Balaban J connectivity index is 1.57. The molecule has 0 bridgehead atoms. The van der Waals surface area contributed by atoms with Crippen molar-refractivity contribution in [3.05, 3.63) is 36.2 Å². The van der Waals surface area contributed by atoms with E-state index >= 15 is 0 Å². The summed E-state index contributed by atoms with van der Waals surface area (Å²) in [5.41, 5.74) is 1.75. The molecule has 3 aromatic heterocycles. The molecule has 0 aromatic carbocycles. The first-order chi connectivity index (χ1) is 14.8. The zero-order chi connectivity index (χ0) is 22.0. The van der Waals surface area contributed by atoms with E-state index in [1.807, 2.05) is 18.2 Å². The predicted molar refractivity (Wildman–Crippen MR) is 118 cm³/mol. The molecule has 9 heteroatoms. The van der Waals surface area contributed by atoms with Gasteiger partial charge >= 0.3 is 0 Å². The maximum absolute atomic E-state index is 9.20. The Hall–Kier alpha value is -3.25. The molecule has 0 radical (unpaired) electrons. The smallest absolute Gasteiger partial charge is 0.234 e. The summed E-state index contributed by atoms with van der Waals surface area (Å²) < 4.78 is 8.18. The molecule has 0 spiro atoms. The van der Waals surface area contributed by atoms with Crippen molar-refractivity contribution in [2.24, 2.45) is 5.41 Å². The molecule has 4 heterocycles. The molecule has 1 aliphatic rings. The van der Waals surface area contributed by atoms with Gasteiger partial charge in [-0.2, -0.15) is 5.26 Å². The lowest BCUT2D eigenvalue weighted by Gasteiger charge is -2.33. The van der Waals surface area contributed by atoms with Gasteiger partial charge in [-0.15, -0.1) is 0 Å². The maximum atomic E-state index is 9.20. The van der Waals surface area contributed by atoms with Gasteiger partial charge in [-0.25, -0.2) is 19.9 Å². The molecule has 1 fully saturated rings. The summed E-state index contributed by atoms with van der Waals surface area (Å²) in [6.45, 7) is 11.5. The number of fused-ring (bicyclic) bond motifs is 1. The number of aromatic nitrogens is 5. The summed E-state index contributed by atoms with van der Waals surface area (Å²) in [7, 11) is 2.13. The SMILES string of the molecule is CN1CCN(c2cc(OCc3cc4cnc(C#N)nc4n3CC(C)(C)C)ncn2)CC1. The van der Waals surface area contributed by atoms with Gasteiger partial charge in [0.25, 0.3) is 0 Å². The third-order valence-corrected chi connectivity index (χ3v) is 5.28. The van der Waals surface area contributed by atoms with Gasteiger partial charge in [-0.05, 0) is 18.5 Å². The largest absolute Gasteiger partial charge is 0.471 e. The van der Waals surface area contributed by atoms with Gasteiger partial charge in [0.05, 0.1) is 5.69 Å². The average molecular weight is 421 g/mol. The highest BCUT2D eigenvalue weighted by Crippen LogP contribution is 2.25. The van der Waals surface area contributed by atoms with Crippen molar-refractivity contribution in [3.63, 3.8) is 0 Å². The monoisotopic (exact) mass is 420 g/mol. The van der Waals surface area contributed by atoms with Crippen LogP contribution in [0.2, 0.25) is 0 Å². The number of hydrogen-bond acceptors (Lipinski definition) is 8. The molecule has 9 nitrogen and oxygen atoms in total. The van der Waals surface area contributed by atoms with Gasteiger partial charge in [0.15, 0.2) is 0 Å². The van der Waals surface area contributed by atoms with Crippen molar-refractivity contribution in [2.45, 2.75) is 33.9 Å². The van der Waals surface area contributed by atoms with E-state index in [-0.39, 0.29) is 11.2 Å². The van der Waals surface area contributed by atoms with E-state index < -0.39 is 0 Å². The van der Waals surface area contributed by atoms with Crippen LogP contribution in [0.4, 0.5) is 5.82 Å². The molecular formula is C22H28N8O. The number of hydrogen-bond donors (Lipinski definition) is 0. The van der Waals surface area contributed by atoms with E-state index in [0.717, 1.165) is 55.3 Å².